The van der Waals surface area contributed by atoms with Crippen LogP contribution in [0.1, 0.15) is 23.7 Å². The molecule has 10 heteroatoms. The minimum Gasteiger partial charge on any atom is -0.467 e. The lowest BCUT2D eigenvalue weighted by Gasteiger charge is -2.10. The molecule has 0 aliphatic carbocycles. The minimum atomic E-state index is -4.57. The Labute approximate surface area is 115 Å². The maximum absolute atomic E-state index is 12.3. The first kappa shape index (κ1) is 14.3. The van der Waals surface area contributed by atoms with Crippen molar-refractivity contribution in [2.24, 2.45) is 0 Å². The van der Waals surface area contributed by atoms with E-state index in [4.69, 9.17) is 4.42 Å². The third kappa shape index (κ3) is 3.47. The summed E-state index contributed by atoms with van der Waals surface area (Å²) in [5.41, 5.74) is 0. The second kappa shape index (κ2) is 5.49. The molecule has 0 bridgehead atoms. The Bertz CT molecular complexity index is 582. The van der Waals surface area contributed by atoms with Gasteiger partial charge in [0, 0.05) is 0 Å². The van der Waals surface area contributed by atoms with Gasteiger partial charge in [-0.05, 0) is 19.1 Å². The number of furan rings is 1. The average molecular weight is 306 g/mol. The van der Waals surface area contributed by atoms with Crippen molar-refractivity contribution in [3.05, 3.63) is 29.2 Å². The molecule has 20 heavy (non-hydrogen) atoms. The first-order valence-electron chi connectivity index (χ1n) is 5.38. The summed E-state index contributed by atoms with van der Waals surface area (Å²) in [6.07, 6.45) is -3.12. The average Bonchev–Trinajstić information content (AvgIpc) is 2.97. The Morgan fingerprint density at radius 1 is 1.45 bits per heavy atom. The van der Waals surface area contributed by atoms with Crippen molar-refractivity contribution >= 4 is 22.5 Å². The van der Waals surface area contributed by atoms with E-state index < -0.39 is 23.3 Å². The Kier molecular flexibility index (Phi) is 3.93. The highest BCUT2D eigenvalue weighted by Gasteiger charge is 2.35. The summed E-state index contributed by atoms with van der Waals surface area (Å²) in [5, 5.41) is 9.52. The van der Waals surface area contributed by atoms with Crippen LogP contribution in [0.2, 0.25) is 0 Å². The topological polar surface area (TPSA) is 80.0 Å². The number of urea groups is 1. The van der Waals surface area contributed by atoms with Crippen molar-refractivity contribution in [2.45, 2.75) is 19.1 Å². The SMILES string of the molecule is C[C@@H](NC(=O)Nc1nnc(C(F)(F)F)s1)c1ccco1. The van der Waals surface area contributed by atoms with Gasteiger partial charge in [0.15, 0.2) is 0 Å². The van der Waals surface area contributed by atoms with Gasteiger partial charge in [0.05, 0.1) is 12.3 Å². The molecule has 0 saturated heterocycles. The molecule has 0 spiro atoms. The number of halogens is 3. The number of aromatic nitrogens is 2. The second-order valence-electron chi connectivity index (χ2n) is 3.75. The molecule has 0 aliphatic rings. The van der Waals surface area contributed by atoms with E-state index in [9.17, 15) is 18.0 Å². The van der Waals surface area contributed by atoms with Gasteiger partial charge in [-0.3, -0.25) is 5.32 Å². The Balaban J connectivity index is 1.93. The van der Waals surface area contributed by atoms with E-state index in [0.717, 1.165) is 0 Å². The monoisotopic (exact) mass is 306 g/mol. The van der Waals surface area contributed by atoms with E-state index >= 15 is 0 Å². The van der Waals surface area contributed by atoms with Crippen LogP contribution in [0.4, 0.5) is 23.1 Å². The molecule has 2 aromatic heterocycles. The summed E-state index contributed by atoms with van der Waals surface area (Å²) < 4.78 is 42.0. The number of nitrogens with one attached hydrogen (secondary N) is 2. The van der Waals surface area contributed by atoms with Crippen molar-refractivity contribution < 1.29 is 22.4 Å². The number of rotatable bonds is 3. The summed E-state index contributed by atoms with van der Waals surface area (Å²) in [7, 11) is 0. The van der Waals surface area contributed by atoms with Gasteiger partial charge in [-0.2, -0.15) is 13.2 Å². The van der Waals surface area contributed by atoms with Crippen LogP contribution in [0.15, 0.2) is 22.8 Å². The summed E-state index contributed by atoms with van der Waals surface area (Å²) >= 11 is 0.250. The fraction of sp³-hybridized carbons (Fsp3) is 0.300. The molecule has 0 unspecified atom stereocenters. The Morgan fingerprint density at radius 3 is 2.75 bits per heavy atom. The lowest BCUT2D eigenvalue weighted by Crippen LogP contribution is -2.30. The number of carbonyl (C=O) groups excluding carboxylic acids is 1. The van der Waals surface area contributed by atoms with E-state index in [0.29, 0.717) is 5.76 Å². The highest BCUT2D eigenvalue weighted by molar-refractivity contribution is 7.15. The number of anilines is 1. The van der Waals surface area contributed by atoms with Crippen molar-refractivity contribution in [3.8, 4) is 0 Å². The molecule has 0 aromatic carbocycles. The van der Waals surface area contributed by atoms with Gasteiger partial charge >= 0.3 is 12.2 Å². The van der Waals surface area contributed by atoms with E-state index in [1.165, 1.54) is 6.26 Å². The number of carbonyl (C=O) groups is 1. The van der Waals surface area contributed by atoms with E-state index in [-0.39, 0.29) is 16.5 Å². The van der Waals surface area contributed by atoms with Gasteiger partial charge in [0.1, 0.15) is 5.76 Å². The van der Waals surface area contributed by atoms with E-state index in [2.05, 4.69) is 20.8 Å². The molecule has 2 rings (SSSR count). The van der Waals surface area contributed by atoms with E-state index in [1.54, 1.807) is 19.1 Å². The van der Waals surface area contributed by atoms with Crippen LogP contribution in [0.25, 0.3) is 0 Å². The molecule has 2 N–H and O–H groups in total. The lowest BCUT2D eigenvalue weighted by molar-refractivity contribution is -0.138. The molecule has 2 heterocycles. The van der Waals surface area contributed by atoms with Gasteiger partial charge in [0.2, 0.25) is 10.1 Å². The van der Waals surface area contributed by atoms with Crippen molar-refractivity contribution in [3.63, 3.8) is 0 Å². The number of hydrogen-bond acceptors (Lipinski definition) is 5. The maximum Gasteiger partial charge on any atom is 0.445 e. The molecule has 108 valence electrons. The zero-order chi connectivity index (χ0) is 14.8. The molecule has 0 fully saturated rings. The van der Waals surface area contributed by atoms with Crippen LogP contribution in [-0.4, -0.2) is 16.2 Å². The van der Waals surface area contributed by atoms with Crippen molar-refractivity contribution in [1.29, 1.82) is 0 Å². The van der Waals surface area contributed by atoms with Crippen LogP contribution in [0.5, 0.6) is 0 Å². The summed E-state index contributed by atoms with van der Waals surface area (Å²) in [5.74, 6) is 0.522. The summed E-state index contributed by atoms with van der Waals surface area (Å²) in [6.45, 7) is 1.67. The van der Waals surface area contributed by atoms with Gasteiger partial charge in [-0.15, -0.1) is 10.2 Å². The quantitative estimate of drug-likeness (QED) is 0.913. The largest absolute Gasteiger partial charge is 0.467 e. The van der Waals surface area contributed by atoms with Crippen LogP contribution in [-0.2, 0) is 6.18 Å². The highest BCUT2D eigenvalue weighted by atomic mass is 32.1. The minimum absolute atomic E-state index is 0.235. The second-order valence-corrected chi connectivity index (χ2v) is 4.72. The third-order valence-electron chi connectivity index (χ3n) is 2.21. The summed E-state index contributed by atoms with van der Waals surface area (Å²) in [4.78, 5) is 11.6. The molecular weight excluding hydrogens is 297 g/mol. The lowest BCUT2D eigenvalue weighted by atomic mass is 10.2. The molecule has 0 radical (unpaired) electrons. The predicted octanol–water partition coefficient (Wildman–Crippen LogP) is 3.03. The first-order valence-corrected chi connectivity index (χ1v) is 6.19. The van der Waals surface area contributed by atoms with Gasteiger partial charge < -0.3 is 9.73 Å². The molecule has 2 aromatic rings. The van der Waals surface area contributed by atoms with Crippen molar-refractivity contribution in [2.75, 3.05) is 5.32 Å². The van der Waals surface area contributed by atoms with Crippen LogP contribution in [0, 0.1) is 0 Å². The van der Waals surface area contributed by atoms with Gasteiger partial charge in [0.25, 0.3) is 0 Å². The number of amides is 2. The normalized spacial score (nSPS) is 13.0. The maximum atomic E-state index is 12.3. The van der Waals surface area contributed by atoms with E-state index in [1.807, 2.05) is 0 Å². The third-order valence-corrected chi connectivity index (χ3v) is 3.09. The van der Waals surface area contributed by atoms with Crippen LogP contribution in [0.3, 0.4) is 0 Å². The fourth-order valence-electron chi connectivity index (χ4n) is 1.33. The Hall–Kier alpha value is -2.10. The molecule has 2 amide bonds. The highest BCUT2D eigenvalue weighted by Crippen LogP contribution is 2.32. The summed E-state index contributed by atoms with van der Waals surface area (Å²) in [6, 6.07) is 2.20. The first-order chi connectivity index (χ1) is 9.36. The molecule has 0 saturated carbocycles. The van der Waals surface area contributed by atoms with Gasteiger partial charge in [-0.1, -0.05) is 11.3 Å². The number of nitrogens with zero attached hydrogens (tertiary/aromatic N) is 2. The smallest absolute Gasteiger partial charge is 0.445 e. The zero-order valence-electron chi connectivity index (χ0n) is 10.1. The van der Waals surface area contributed by atoms with Crippen LogP contribution >= 0.6 is 11.3 Å². The molecule has 6 nitrogen and oxygen atoms in total. The van der Waals surface area contributed by atoms with Crippen molar-refractivity contribution in [1.82, 2.24) is 15.5 Å². The predicted molar refractivity (Wildman–Crippen MR) is 64.2 cm³/mol. The molecule has 1 atom stereocenters. The molecule has 0 aliphatic heterocycles. The molecular formula is C10H9F3N4O2S. The number of hydrogen-bond donors (Lipinski definition) is 2. The fourth-order valence-corrected chi connectivity index (χ4v) is 1.93. The Morgan fingerprint density at radius 2 is 2.20 bits per heavy atom. The zero-order valence-corrected chi connectivity index (χ0v) is 10.9. The van der Waals surface area contributed by atoms with Crippen LogP contribution < -0.4 is 10.6 Å². The standard InChI is InChI=1S/C10H9F3N4O2S/c1-5(6-3-2-4-19-6)14-8(18)15-9-17-16-7(20-9)10(11,12)13/h2-5H,1H3,(H2,14,15,17,18)/t5-/m1/s1. The van der Waals surface area contributed by atoms with Gasteiger partial charge in [-0.25, -0.2) is 4.79 Å². The number of alkyl halides is 3.